The molecule has 8 heteroatoms. The first kappa shape index (κ1) is 22.6. The van der Waals surface area contributed by atoms with E-state index >= 15 is 0 Å². The minimum Gasteiger partial charge on any atom is -0.459 e. The molecular formula is C27H34N4O4. The number of fused-ring (bicyclic) bond motifs is 3. The van der Waals surface area contributed by atoms with Crippen molar-refractivity contribution in [1.82, 2.24) is 19.6 Å². The molecule has 4 fully saturated rings. The van der Waals surface area contributed by atoms with Gasteiger partial charge in [0.25, 0.3) is 5.91 Å². The van der Waals surface area contributed by atoms with Crippen molar-refractivity contribution >= 4 is 23.4 Å². The summed E-state index contributed by atoms with van der Waals surface area (Å²) in [6.45, 7) is 4.92. The first-order valence-corrected chi connectivity index (χ1v) is 13.1. The summed E-state index contributed by atoms with van der Waals surface area (Å²) in [5, 5.41) is 3.30. The number of carbonyl (C=O) groups is 3. The zero-order chi connectivity index (χ0) is 24.4. The number of likely N-dealkylation sites (N-methyl/N-ethyl adjacent to an activating group) is 1. The van der Waals surface area contributed by atoms with Gasteiger partial charge in [0.1, 0.15) is 11.3 Å². The molecule has 4 aliphatic rings. The van der Waals surface area contributed by atoms with E-state index in [4.69, 9.17) is 4.74 Å². The molecule has 2 aromatic heterocycles. The third-order valence-electron chi connectivity index (χ3n) is 9.58. The normalized spacial score (nSPS) is 31.8. The maximum Gasteiger partial charge on any atom is 0.397 e. The summed E-state index contributed by atoms with van der Waals surface area (Å²) >= 11 is 0. The van der Waals surface area contributed by atoms with Crippen molar-refractivity contribution < 1.29 is 19.1 Å². The highest BCUT2D eigenvalue weighted by Crippen LogP contribution is 2.81. The molecule has 35 heavy (non-hydrogen) atoms. The lowest BCUT2D eigenvalue weighted by molar-refractivity contribution is -0.160. The summed E-state index contributed by atoms with van der Waals surface area (Å²) < 4.78 is 6.63. The molecular weight excluding hydrogens is 444 g/mol. The number of nitrogens with one attached hydrogen (secondary N) is 1. The van der Waals surface area contributed by atoms with Crippen LogP contribution in [0.2, 0.25) is 0 Å². The number of carbonyl (C=O) groups excluding carboxylic acids is 3. The van der Waals surface area contributed by atoms with Gasteiger partial charge < -0.3 is 15.0 Å². The van der Waals surface area contributed by atoms with Gasteiger partial charge in [-0.05, 0) is 93.1 Å². The molecule has 3 bridgehead atoms. The van der Waals surface area contributed by atoms with Gasteiger partial charge in [0, 0.05) is 19.3 Å². The predicted octanol–water partition coefficient (Wildman–Crippen LogP) is 3.19. The van der Waals surface area contributed by atoms with E-state index in [-0.39, 0.29) is 19.1 Å². The number of amides is 2. The fraction of sp³-hybridized carbons (Fsp3) is 0.630. The number of rotatable bonds is 7. The summed E-state index contributed by atoms with van der Waals surface area (Å²) in [4.78, 5) is 43.6. The lowest BCUT2D eigenvalue weighted by Crippen LogP contribution is -2.57. The third kappa shape index (κ3) is 3.32. The molecule has 186 valence electrons. The molecule has 0 radical (unpaired) electrons. The highest BCUT2D eigenvalue weighted by atomic mass is 16.5. The maximum atomic E-state index is 13.3. The first-order chi connectivity index (χ1) is 16.9. The van der Waals surface area contributed by atoms with Crippen molar-refractivity contribution in [2.75, 3.05) is 19.7 Å². The number of hydrogen-bond donors (Lipinski definition) is 1. The van der Waals surface area contributed by atoms with Gasteiger partial charge in [-0.25, -0.2) is 9.78 Å². The van der Waals surface area contributed by atoms with Crippen molar-refractivity contribution in [3.05, 3.63) is 35.8 Å². The van der Waals surface area contributed by atoms with Gasteiger partial charge in [-0.2, -0.15) is 0 Å². The summed E-state index contributed by atoms with van der Waals surface area (Å²) in [5.74, 6) is 1.04. The van der Waals surface area contributed by atoms with E-state index in [2.05, 4.69) is 10.3 Å². The summed E-state index contributed by atoms with van der Waals surface area (Å²) in [6, 6.07) is 5.49. The Labute approximate surface area is 205 Å². The molecule has 0 aliphatic heterocycles. The molecule has 1 N–H and O–H groups in total. The molecule has 1 spiro atoms. The maximum absolute atomic E-state index is 13.3. The zero-order valence-corrected chi connectivity index (χ0v) is 20.6. The summed E-state index contributed by atoms with van der Waals surface area (Å²) in [6.07, 6.45) is 9.91. The number of imidazole rings is 1. The molecule has 4 saturated carbocycles. The van der Waals surface area contributed by atoms with E-state index in [1.165, 1.54) is 43.4 Å². The van der Waals surface area contributed by atoms with E-state index in [9.17, 15) is 14.4 Å². The van der Waals surface area contributed by atoms with E-state index in [0.29, 0.717) is 34.4 Å². The van der Waals surface area contributed by atoms with Crippen LogP contribution in [0.1, 0.15) is 68.6 Å². The minimum atomic E-state index is -0.861. The summed E-state index contributed by atoms with van der Waals surface area (Å²) in [5.41, 5.74) is 2.59. The van der Waals surface area contributed by atoms with Crippen LogP contribution in [-0.4, -0.2) is 51.8 Å². The van der Waals surface area contributed by atoms with Crippen LogP contribution in [0, 0.1) is 28.6 Å². The van der Waals surface area contributed by atoms with E-state index in [1.54, 1.807) is 24.4 Å². The Balaban J connectivity index is 1.17. The molecule has 0 aromatic carbocycles. The topological polar surface area (TPSA) is 93.0 Å². The minimum absolute atomic E-state index is 0.0836. The molecule has 2 aromatic rings. The van der Waals surface area contributed by atoms with Crippen LogP contribution in [0.3, 0.4) is 0 Å². The molecule has 0 saturated heterocycles. The molecule has 2 heterocycles. The second kappa shape index (κ2) is 8.07. The van der Waals surface area contributed by atoms with E-state index < -0.39 is 11.9 Å². The van der Waals surface area contributed by atoms with Crippen LogP contribution < -0.4 is 5.32 Å². The molecule has 6 rings (SSSR count). The van der Waals surface area contributed by atoms with Gasteiger partial charge in [-0.3, -0.25) is 14.0 Å². The highest BCUT2D eigenvalue weighted by Gasteiger charge is 2.73. The molecule has 4 aliphatic carbocycles. The number of pyridine rings is 1. The van der Waals surface area contributed by atoms with Crippen molar-refractivity contribution in [3.63, 3.8) is 0 Å². The Morgan fingerprint density at radius 3 is 2.77 bits per heavy atom. The molecule has 5 atom stereocenters. The number of ether oxygens (including phenoxy) is 1. The Kier molecular flexibility index (Phi) is 5.20. The number of esters is 1. The number of nitrogens with zero attached hydrogens (tertiary/aromatic N) is 3. The molecule has 8 nitrogen and oxygen atoms in total. The second-order valence-corrected chi connectivity index (χ2v) is 11.2. The van der Waals surface area contributed by atoms with Gasteiger partial charge in [0.05, 0.1) is 18.8 Å². The van der Waals surface area contributed by atoms with E-state index in [1.807, 2.05) is 18.2 Å². The van der Waals surface area contributed by atoms with Gasteiger partial charge >= 0.3 is 11.9 Å². The fourth-order valence-electron chi connectivity index (χ4n) is 8.40. The van der Waals surface area contributed by atoms with Crippen LogP contribution in [0.25, 0.3) is 5.65 Å². The molecule has 2 amide bonds. The first-order valence-electron chi connectivity index (χ1n) is 13.1. The SMILES string of the molecule is CCOC(=O)C(=O)N(CC)Cc1cn2c(C(=O)NCC34CC5CC6CC(C3)C4(C6)C5)cccc2n1. The Morgan fingerprint density at radius 1 is 1.14 bits per heavy atom. The van der Waals surface area contributed by atoms with Crippen LogP contribution in [0.5, 0.6) is 0 Å². The number of aromatic nitrogens is 2. The quantitative estimate of drug-likeness (QED) is 0.487. The standard InChI is InChI=1S/C27H34N4O4/c1-3-30(24(33)25(34)35-4-2)14-20-15-31-21(6-5-7-22(31)29-20)23(32)28-16-26-10-18-8-17-9-19(13-26)27(26,11-17)12-18/h5-7,15,17-19H,3-4,8-14,16H2,1-2H3,(H,28,32). The molecule has 5 unspecified atom stereocenters. The number of hydrogen-bond acceptors (Lipinski definition) is 5. The Bertz CT molecular complexity index is 1200. The lowest BCUT2D eigenvalue weighted by Gasteiger charge is -2.59. The smallest absolute Gasteiger partial charge is 0.397 e. The average molecular weight is 479 g/mol. The van der Waals surface area contributed by atoms with Crippen LogP contribution >= 0.6 is 0 Å². The second-order valence-electron chi connectivity index (χ2n) is 11.2. The van der Waals surface area contributed by atoms with Crippen LogP contribution in [-0.2, 0) is 20.9 Å². The Hall–Kier alpha value is -2.90. The highest BCUT2D eigenvalue weighted by molar-refractivity contribution is 6.32. The fourth-order valence-corrected chi connectivity index (χ4v) is 8.40. The van der Waals surface area contributed by atoms with Gasteiger partial charge in [0.2, 0.25) is 0 Å². The average Bonchev–Trinajstić information content (AvgIpc) is 3.40. The van der Waals surface area contributed by atoms with Crippen LogP contribution in [0.4, 0.5) is 0 Å². The predicted molar refractivity (Wildman–Crippen MR) is 128 cm³/mol. The Morgan fingerprint density at radius 2 is 1.97 bits per heavy atom. The largest absolute Gasteiger partial charge is 0.459 e. The lowest BCUT2D eigenvalue weighted by atomic mass is 9.46. The zero-order valence-electron chi connectivity index (χ0n) is 20.6. The van der Waals surface area contributed by atoms with Gasteiger partial charge in [-0.15, -0.1) is 0 Å². The van der Waals surface area contributed by atoms with Crippen molar-refractivity contribution in [2.45, 2.75) is 58.9 Å². The van der Waals surface area contributed by atoms with Gasteiger partial charge in [-0.1, -0.05) is 6.07 Å². The van der Waals surface area contributed by atoms with E-state index in [0.717, 1.165) is 24.3 Å². The third-order valence-corrected chi connectivity index (χ3v) is 9.58. The monoisotopic (exact) mass is 478 g/mol. The van der Waals surface area contributed by atoms with Crippen molar-refractivity contribution in [3.8, 4) is 0 Å². The van der Waals surface area contributed by atoms with Crippen molar-refractivity contribution in [1.29, 1.82) is 0 Å². The van der Waals surface area contributed by atoms with Crippen molar-refractivity contribution in [2.24, 2.45) is 28.6 Å². The summed E-state index contributed by atoms with van der Waals surface area (Å²) in [7, 11) is 0. The van der Waals surface area contributed by atoms with Crippen LogP contribution in [0.15, 0.2) is 24.4 Å². The van der Waals surface area contributed by atoms with Gasteiger partial charge in [0.15, 0.2) is 0 Å².